The van der Waals surface area contributed by atoms with E-state index in [0.29, 0.717) is 10.2 Å². The van der Waals surface area contributed by atoms with Gasteiger partial charge in [0.1, 0.15) is 0 Å². The smallest absolute Gasteiger partial charge is 0.192 e. The van der Waals surface area contributed by atoms with Gasteiger partial charge in [-0.1, -0.05) is 17.7 Å². The fourth-order valence-corrected chi connectivity index (χ4v) is 2.41. The molecular weight excluding hydrogens is 256 g/mol. The minimum Gasteiger partial charge on any atom is -0.392 e. The largest absolute Gasteiger partial charge is 0.392 e. The van der Waals surface area contributed by atoms with Crippen molar-refractivity contribution >= 4 is 23.4 Å². The molecule has 0 aliphatic rings. The number of hydrogen-bond acceptors (Lipinski definition) is 4. The summed E-state index contributed by atoms with van der Waals surface area (Å²) in [6, 6.07) is 7.30. The molecule has 0 radical (unpaired) electrons. The second-order valence-corrected chi connectivity index (χ2v) is 4.92. The Morgan fingerprint density at radius 2 is 2.18 bits per heavy atom. The summed E-state index contributed by atoms with van der Waals surface area (Å²) in [5.41, 5.74) is 1.72. The van der Waals surface area contributed by atoms with Crippen LogP contribution in [0.25, 0.3) is 0 Å². The van der Waals surface area contributed by atoms with Gasteiger partial charge in [-0.05, 0) is 42.4 Å². The molecule has 5 heteroatoms. The Bertz CT molecular complexity index is 534. The van der Waals surface area contributed by atoms with Gasteiger partial charge < -0.3 is 5.11 Å². The van der Waals surface area contributed by atoms with E-state index in [0.717, 1.165) is 16.2 Å². The lowest BCUT2D eigenvalue weighted by Gasteiger charge is -2.04. The van der Waals surface area contributed by atoms with Crippen molar-refractivity contribution in [3.05, 3.63) is 46.7 Å². The van der Waals surface area contributed by atoms with Crippen LogP contribution >= 0.6 is 23.4 Å². The Kier molecular flexibility index (Phi) is 3.99. The summed E-state index contributed by atoms with van der Waals surface area (Å²) in [4.78, 5) is 9.34. The Balaban J connectivity index is 2.24. The van der Waals surface area contributed by atoms with Gasteiger partial charge in [-0.25, -0.2) is 9.97 Å². The van der Waals surface area contributed by atoms with Gasteiger partial charge in [-0.3, -0.25) is 0 Å². The van der Waals surface area contributed by atoms with Gasteiger partial charge >= 0.3 is 0 Å². The van der Waals surface area contributed by atoms with Crippen molar-refractivity contribution in [1.82, 2.24) is 9.97 Å². The van der Waals surface area contributed by atoms with Crippen molar-refractivity contribution in [2.75, 3.05) is 0 Å². The molecule has 0 spiro atoms. The number of halogens is 1. The zero-order valence-corrected chi connectivity index (χ0v) is 10.8. The molecule has 3 nitrogen and oxygen atoms in total. The van der Waals surface area contributed by atoms with E-state index < -0.39 is 0 Å². The lowest BCUT2D eigenvalue weighted by molar-refractivity contribution is 0.282. The summed E-state index contributed by atoms with van der Waals surface area (Å²) < 4.78 is 0. The number of aliphatic hydroxyl groups excluding tert-OH is 1. The fraction of sp³-hybridized carbons (Fsp3) is 0.167. The first-order valence-corrected chi connectivity index (χ1v) is 6.25. The van der Waals surface area contributed by atoms with Crippen LogP contribution in [-0.4, -0.2) is 15.1 Å². The number of aromatic nitrogens is 2. The van der Waals surface area contributed by atoms with E-state index >= 15 is 0 Å². The monoisotopic (exact) mass is 266 g/mol. The molecule has 0 saturated carbocycles. The molecule has 2 rings (SSSR count). The Labute approximate surface area is 109 Å². The topological polar surface area (TPSA) is 46.0 Å². The van der Waals surface area contributed by atoms with Gasteiger partial charge in [0.2, 0.25) is 0 Å². The molecule has 0 bridgehead atoms. The van der Waals surface area contributed by atoms with Gasteiger partial charge in [0.05, 0.1) is 11.6 Å². The van der Waals surface area contributed by atoms with Crippen LogP contribution in [0.2, 0.25) is 5.02 Å². The third-order valence-corrected chi connectivity index (χ3v) is 3.53. The normalized spacial score (nSPS) is 10.5. The maximum absolute atomic E-state index is 8.99. The van der Waals surface area contributed by atoms with Crippen LogP contribution in [0.5, 0.6) is 0 Å². The van der Waals surface area contributed by atoms with E-state index in [9.17, 15) is 0 Å². The van der Waals surface area contributed by atoms with Gasteiger partial charge in [0.15, 0.2) is 5.16 Å². The molecular formula is C12H11ClN2OS. The zero-order chi connectivity index (χ0) is 12.3. The molecule has 0 fully saturated rings. The quantitative estimate of drug-likeness (QED) is 0.868. The number of nitrogens with zero attached hydrogens (tertiary/aromatic N) is 2. The van der Waals surface area contributed by atoms with Crippen LogP contribution < -0.4 is 0 Å². The van der Waals surface area contributed by atoms with Crippen LogP contribution in [0.4, 0.5) is 0 Å². The standard InChI is InChI=1S/C12H11ClN2OS/c1-8-4-5-14-12(15-8)17-11-3-2-9(7-16)6-10(11)13/h2-6,16H,7H2,1H3. The minimum atomic E-state index is -0.00832. The van der Waals surface area contributed by atoms with E-state index in [2.05, 4.69) is 9.97 Å². The van der Waals surface area contributed by atoms with Crippen LogP contribution in [0.15, 0.2) is 40.5 Å². The minimum absolute atomic E-state index is 0.00832. The third-order valence-electron chi connectivity index (χ3n) is 2.15. The molecule has 1 aromatic carbocycles. The molecule has 17 heavy (non-hydrogen) atoms. The van der Waals surface area contributed by atoms with E-state index in [1.54, 1.807) is 12.3 Å². The predicted octanol–water partition coefficient (Wildman–Crippen LogP) is 3.08. The van der Waals surface area contributed by atoms with Gasteiger partial charge in [-0.2, -0.15) is 0 Å². The van der Waals surface area contributed by atoms with Crippen molar-refractivity contribution in [2.45, 2.75) is 23.6 Å². The Hall–Kier alpha value is -1.10. The maximum Gasteiger partial charge on any atom is 0.192 e. The maximum atomic E-state index is 8.99. The van der Waals surface area contributed by atoms with Crippen molar-refractivity contribution in [2.24, 2.45) is 0 Å². The number of hydrogen-bond donors (Lipinski definition) is 1. The second kappa shape index (κ2) is 5.49. The van der Waals surface area contributed by atoms with Crippen molar-refractivity contribution < 1.29 is 5.11 Å². The number of aliphatic hydroxyl groups is 1. The molecule has 0 atom stereocenters. The summed E-state index contributed by atoms with van der Waals surface area (Å²) in [7, 11) is 0. The first kappa shape index (κ1) is 12.4. The molecule has 0 amide bonds. The third kappa shape index (κ3) is 3.19. The highest BCUT2D eigenvalue weighted by atomic mass is 35.5. The van der Waals surface area contributed by atoms with Gasteiger partial charge in [-0.15, -0.1) is 0 Å². The average Bonchev–Trinajstić information content (AvgIpc) is 2.32. The number of benzene rings is 1. The molecule has 0 saturated heterocycles. The van der Waals surface area contributed by atoms with Gasteiger partial charge in [0.25, 0.3) is 0 Å². The highest BCUT2D eigenvalue weighted by molar-refractivity contribution is 7.99. The highest BCUT2D eigenvalue weighted by Gasteiger charge is 2.06. The average molecular weight is 267 g/mol. The van der Waals surface area contributed by atoms with Crippen molar-refractivity contribution in [3.63, 3.8) is 0 Å². The Morgan fingerprint density at radius 1 is 1.35 bits per heavy atom. The van der Waals surface area contributed by atoms with E-state index in [1.807, 2.05) is 25.1 Å². The summed E-state index contributed by atoms with van der Waals surface area (Å²) >= 11 is 7.52. The lowest BCUT2D eigenvalue weighted by atomic mass is 10.2. The highest BCUT2D eigenvalue weighted by Crippen LogP contribution is 2.31. The molecule has 1 N–H and O–H groups in total. The molecule has 2 aromatic rings. The van der Waals surface area contributed by atoms with Crippen molar-refractivity contribution in [3.8, 4) is 0 Å². The fourth-order valence-electron chi connectivity index (χ4n) is 1.30. The first-order chi connectivity index (χ1) is 8.19. The van der Waals surface area contributed by atoms with E-state index in [-0.39, 0.29) is 6.61 Å². The summed E-state index contributed by atoms with van der Waals surface area (Å²) in [6.07, 6.45) is 1.72. The second-order valence-electron chi connectivity index (χ2n) is 3.51. The predicted molar refractivity (Wildman–Crippen MR) is 68.3 cm³/mol. The van der Waals surface area contributed by atoms with Crippen LogP contribution in [0, 0.1) is 6.92 Å². The number of rotatable bonds is 3. The molecule has 0 aliphatic heterocycles. The zero-order valence-electron chi connectivity index (χ0n) is 9.22. The van der Waals surface area contributed by atoms with Crippen LogP contribution in [0.3, 0.4) is 0 Å². The van der Waals surface area contributed by atoms with Crippen molar-refractivity contribution in [1.29, 1.82) is 0 Å². The molecule has 88 valence electrons. The summed E-state index contributed by atoms with van der Waals surface area (Å²) in [6.45, 7) is 1.91. The van der Waals surface area contributed by atoms with Crippen LogP contribution in [0.1, 0.15) is 11.3 Å². The van der Waals surface area contributed by atoms with E-state index in [4.69, 9.17) is 16.7 Å². The SMILES string of the molecule is Cc1ccnc(Sc2ccc(CO)cc2Cl)n1. The lowest BCUT2D eigenvalue weighted by Crippen LogP contribution is -1.89. The summed E-state index contributed by atoms with van der Waals surface area (Å²) in [5.74, 6) is 0. The first-order valence-electron chi connectivity index (χ1n) is 5.06. The number of aryl methyl sites for hydroxylation is 1. The summed E-state index contributed by atoms with van der Waals surface area (Å²) in [5, 5.41) is 10.3. The van der Waals surface area contributed by atoms with Crippen LogP contribution in [-0.2, 0) is 6.61 Å². The molecule has 1 heterocycles. The Morgan fingerprint density at radius 3 is 2.82 bits per heavy atom. The molecule has 1 aromatic heterocycles. The molecule has 0 unspecified atom stereocenters. The van der Waals surface area contributed by atoms with E-state index in [1.165, 1.54) is 11.8 Å². The van der Waals surface area contributed by atoms with Gasteiger partial charge in [0, 0.05) is 16.8 Å². The molecule has 0 aliphatic carbocycles.